The smallest absolute Gasteiger partial charge is 0.326 e. The van der Waals surface area contributed by atoms with Gasteiger partial charge in [-0.2, -0.15) is 11.8 Å². The van der Waals surface area contributed by atoms with E-state index in [0.29, 0.717) is 24.2 Å². The van der Waals surface area contributed by atoms with Crippen molar-refractivity contribution in [1.82, 2.24) is 20.9 Å². The van der Waals surface area contributed by atoms with Crippen LogP contribution in [0.15, 0.2) is 35.5 Å². The molecule has 1 aromatic heterocycles. The van der Waals surface area contributed by atoms with Gasteiger partial charge in [-0.15, -0.1) is 0 Å². The van der Waals surface area contributed by atoms with Crippen molar-refractivity contribution in [3.05, 3.63) is 36.0 Å². The molecular weight excluding hydrogens is 578 g/mol. The first kappa shape index (κ1) is 34.9. The molecule has 4 atom stereocenters. The summed E-state index contributed by atoms with van der Waals surface area (Å²) in [6.45, 7) is 0.181. The Morgan fingerprint density at radius 3 is 2.19 bits per heavy atom. The molecule has 43 heavy (non-hydrogen) atoms. The minimum Gasteiger partial charge on any atom is -0.480 e. The van der Waals surface area contributed by atoms with Crippen molar-refractivity contribution >= 4 is 58.2 Å². The average molecular weight is 620 g/mol. The van der Waals surface area contributed by atoms with Crippen molar-refractivity contribution in [2.45, 2.75) is 62.7 Å². The van der Waals surface area contributed by atoms with Gasteiger partial charge >= 0.3 is 5.97 Å². The Kier molecular flexibility index (Phi) is 14.3. The van der Waals surface area contributed by atoms with Crippen LogP contribution in [0.25, 0.3) is 10.9 Å². The maximum Gasteiger partial charge on any atom is 0.326 e. The Morgan fingerprint density at radius 2 is 1.56 bits per heavy atom. The Balaban J connectivity index is 2.21. The molecule has 0 saturated carbocycles. The number of benzene rings is 1. The molecule has 15 nitrogen and oxygen atoms in total. The first-order chi connectivity index (χ1) is 20.4. The quantitative estimate of drug-likeness (QED) is 0.0506. The third-order valence-corrected chi connectivity index (χ3v) is 7.22. The average Bonchev–Trinajstić information content (AvgIpc) is 3.37. The highest BCUT2D eigenvalue weighted by Crippen LogP contribution is 2.19. The molecule has 236 valence electrons. The lowest BCUT2D eigenvalue weighted by atomic mass is 10.0. The number of carboxylic acids is 1. The number of carbonyl (C=O) groups is 5. The molecule has 0 bridgehead atoms. The van der Waals surface area contributed by atoms with Gasteiger partial charge in [-0.05, 0) is 49.3 Å². The van der Waals surface area contributed by atoms with Gasteiger partial charge in [0.15, 0.2) is 5.96 Å². The van der Waals surface area contributed by atoms with Crippen LogP contribution in [0.4, 0.5) is 0 Å². The fourth-order valence-electron chi connectivity index (χ4n) is 4.25. The van der Waals surface area contributed by atoms with Crippen molar-refractivity contribution in [3.63, 3.8) is 0 Å². The number of nitrogens with two attached hydrogens (primary N) is 4. The minimum atomic E-state index is -1.34. The van der Waals surface area contributed by atoms with Gasteiger partial charge in [-0.1, -0.05) is 18.2 Å². The number of para-hydroxylation sites is 1. The van der Waals surface area contributed by atoms with Crippen molar-refractivity contribution in [2.24, 2.45) is 27.9 Å². The molecule has 0 fully saturated rings. The van der Waals surface area contributed by atoms with Gasteiger partial charge in [0, 0.05) is 36.5 Å². The number of aliphatic carboxylic acids is 1. The van der Waals surface area contributed by atoms with E-state index in [2.05, 4.69) is 25.9 Å². The van der Waals surface area contributed by atoms with Crippen molar-refractivity contribution in [2.75, 3.05) is 18.6 Å². The van der Waals surface area contributed by atoms with E-state index in [1.807, 2.05) is 30.5 Å². The third kappa shape index (κ3) is 11.8. The van der Waals surface area contributed by atoms with E-state index in [-0.39, 0.29) is 38.2 Å². The summed E-state index contributed by atoms with van der Waals surface area (Å²) in [4.78, 5) is 69.9. The number of hydrogen-bond acceptors (Lipinski definition) is 8. The van der Waals surface area contributed by atoms with Crippen LogP contribution >= 0.6 is 11.8 Å². The maximum absolute atomic E-state index is 13.4. The SMILES string of the molecule is CSCCC(N)C(=O)NC(CCCN=C(N)N)C(=O)NC(CCC(N)=O)C(=O)NC(Cc1c[nH]c2ccccc12)C(=O)O. The van der Waals surface area contributed by atoms with Crippen LogP contribution in [0.1, 0.15) is 37.7 Å². The van der Waals surface area contributed by atoms with Gasteiger partial charge in [-0.3, -0.25) is 24.2 Å². The van der Waals surface area contributed by atoms with E-state index in [9.17, 15) is 29.1 Å². The van der Waals surface area contributed by atoms with Crippen LogP contribution in [-0.2, 0) is 30.4 Å². The molecule has 1 aromatic carbocycles. The van der Waals surface area contributed by atoms with Gasteiger partial charge < -0.3 is 49.0 Å². The second-order valence-corrected chi connectivity index (χ2v) is 10.9. The molecule has 2 aromatic rings. The van der Waals surface area contributed by atoms with Crippen LogP contribution in [-0.4, -0.2) is 88.4 Å². The van der Waals surface area contributed by atoms with Crippen LogP contribution < -0.4 is 38.9 Å². The molecule has 0 aliphatic rings. The number of aromatic amines is 1. The predicted octanol–water partition coefficient (Wildman–Crippen LogP) is -1.35. The molecule has 0 spiro atoms. The number of thioether (sulfide) groups is 1. The van der Waals surface area contributed by atoms with Gasteiger partial charge in [-0.25, -0.2) is 4.79 Å². The molecule has 4 unspecified atom stereocenters. The molecule has 2 rings (SSSR count). The summed E-state index contributed by atoms with van der Waals surface area (Å²) in [7, 11) is 0. The number of guanidine groups is 1. The Bertz CT molecular complexity index is 1300. The molecule has 0 aliphatic heterocycles. The predicted molar refractivity (Wildman–Crippen MR) is 165 cm³/mol. The fraction of sp³-hybridized carbons (Fsp3) is 0.481. The van der Waals surface area contributed by atoms with Crippen LogP contribution in [0.3, 0.4) is 0 Å². The zero-order valence-corrected chi connectivity index (χ0v) is 24.8. The monoisotopic (exact) mass is 619 g/mol. The summed E-state index contributed by atoms with van der Waals surface area (Å²) < 4.78 is 0. The standard InChI is InChI=1S/C27H41N9O6S/c1-43-12-10-17(28)23(38)34-19(7-4-11-32-27(30)31)24(39)35-20(8-9-22(29)37)25(40)36-21(26(41)42)13-15-14-33-18-6-3-2-5-16(15)18/h2-3,5-6,14,17,19-21,33H,4,7-13,28H2,1H3,(H2,29,37)(H,34,38)(H,35,39)(H,36,40)(H,41,42)(H4,30,31,32). The minimum absolute atomic E-state index is 0.0427. The lowest BCUT2D eigenvalue weighted by molar-refractivity contribution is -0.142. The number of aliphatic imine (C=N–C) groups is 1. The zero-order chi connectivity index (χ0) is 31.9. The normalized spacial score (nSPS) is 13.7. The number of nitrogens with zero attached hydrogens (tertiary/aromatic N) is 1. The molecular formula is C27H41N9O6S. The van der Waals surface area contributed by atoms with Crippen LogP contribution in [0.2, 0.25) is 0 Å². The highest BCUT2D eigenvalue weighted by molar-refractivity contribution is 7.98. The molecule has 0 aliphatic carbocycles. The third-order valence-electron chi connectivity index (χ3n) is 6.57. The summed E-state index contributed by atoms with van der Waals surface area (Å²) in [5.74, 6) is -3.63. The van der Waals surface area contributed by atoms with Crippen LogP contribution in [0.5, 0.6) is 0 Å². The Hall–Kier alpha value is -4.31. The summed E-state index contributed by atoms with van der Waals surface area (Å²) in [5.41, 5.74) is 23.4. The highest BCUT2D eigenvalue weighted by Gasteiger charge is 2.31. The number of carbonyl (C=O) groups excluding carboxylic acids is 4. The highest BCUT2D eigenvalue weighted by atomic mass is 32.2. The van der Waals surface area contributed by atoms with Gasteiger partial charge in [0.2, 0.25) is 23.6 Å². The second kappa shape index (κ2) is 17.6. The molecule has 0 radical (unpaired) electrons. The molecule has 1 heterocycles. The van der Waals surface area contributed by atoms with E-state index >= 15 is 0 Å². The van der Waals surface area contributed by atoms with E-state index in [0.717, 1.165) is 10.9 Å². The van der Waals surface area contributed by atoms with Gasteiger partial charge in [0.25, 0.3) is 0 Å². The van der Waals surface area contributed by atoms with E-state index in [4.69, 9.17) is 22.9 Å². The number of nitrogens with one attached hydrogen (secondary N) is 4. The molecule has 13 N–H and O–H groups in total. The molecule has 16 heteroatoms. The number of primary amides is 1. The lowest BCUT2D eigenvalue weighted by Gasteiger charge is -2.25. The van der Waals surface area contributed by atoms with Crippen LogP contribution in [0, 0.1) is 0 Å². The van der Waals surface area contributed by atoms with E-state index in [1.165, 1.54) is 11.8 Å². The number of fused-ring (bicyclic) bond motifs is 1. The second-order valence-electron chi connectivity index (χ2n) is 9.93. The topological polar surface area (TPSA) is 274 Å². The van der Waals surface area contributed by atoms with Crippen molar-refractivity contribution < 1.29 is 29.1 Å². The molecule has 4 amide bonds. The summed E-state index contributed by atoms with van der Waals surface area (Å²) >= 11 is 1.52. The number of rotatable bonds is 19. The Labute approximate surface area is 253 Å². The lowest BCUT2D eigenvalue weighted by Crippen LogP contribution is -2.57. The Morgan fingerprint density at radius 1 is 0.930 bits per heavy atom. The van der Waals surface area contributed by atoms with Crippen molar-refractivity contribution in [1.29, 1.82) is 0 Å². The number of hydrogen-bond donors (Lipinski definition) is 9. The van der Waals surface area contributed by atoms with Crippen molar-refractivity contribution in [3.8, 4) is 0 Å². The van der Waals surface area contributed by atoms with Gasteiger partial charge in [0.1, 0.15) is 18.1 Å². The summed E-state index contributed by atoms with van der Waals surface area (Å²) in [6.07, 6.45) is 3.82. The molecule has 0 saturated heterocycles. The summed E-state index contributed by atoms with van der Waals surface area (Å²) in [5, 5.41) is 18.3. The number of H-pyrrole nitrogens is 1. The zero-order valence-electron chi connectivity index (χ0n) is 24.0. The maximum atomic E-state index is 13.4. The largest absolute Gasteiger partial charge is 0.480 e. The summed E-state index contributed by atoms with van der Waals surface area (Å²) in [6, 6.07) is 2.65. The first-order valence-corrected chi connectivity index (χ1v) is 15.1. The number of amides is 4. The number of carboxylic acid groups (broad SMARTS) is 1. The van der Waals surface area contributed by atoms with E-state index in [1.54, 1.807) is 6.20 Å². The fourth-order valence-corrected chi connectivity index (χ4v) is 4.74. The van der Waals surface area contributed by atoms with E-state index < -0.39 is 53.8 Å². The number of aromatic nitrogens is 1. The van der Waals surface area contributed by atoms with Gasteiger partial charge in [0.05, 0.1) is 6.04 Å². The first-order valence-electron chi connectivity index (χ1n) is 13.7.